The van der Waals surface area contributed by atoms with Crippen LogP contribution in [0.4, 0.5) is 0 Å². The summed E-state index contributed by atoms with van der Waals surface area (Å²) in [5, 5.41) is 0. The average Bonchev–Trinajstić information content (AvgIpc) is 2.96. The molecule has 2 heterocycles. The number of nitrogens with zero attached hydrogens (tertiary/aromatic N) is 3. The summed E-state index contributed by atoms with van der Waals surface area (Å²) in [7, 11) is 0. The van der Waals surface area contributed by atoms with Crippen molar-refractivity contribution in [2.24, 2.45) is 0 Å². The standard InChI is InChI=1S/C19H27N3OS/c23-19-22(17-8-4-5-9-18(17)24-19)15-12-20-10-13-21(14-11-20)16-6-2-1-3-7-16/h4-5,8-9,16H,1-3,6-7,10-15H2. The lowest BCUT2D eigenvalue weighted by Crippen LogP contribution is -2.51. The van der Waals surface area contributed by atoms with Gasteiger partial charge in [0.2, 0.25) is 0 Å². The predicted molar refractivity (Wildman–Crippen MR) is 101 cm³/mol. The van der Waals surface area contributed by atoms with Gasteiger partial charge in [-0.05, 0) is 25.0 Å². The molecule has 2 aliphatic rings. The monoisotopic (exact) mass is 345 g/mol. The molecule has 1 saturated heterocycles. The van der Waals surface area contributed by atoms with Gasteiger partial charge in [-0.1, -0.05) is 42.7 Å². The van der Waals surface area contributed by atoms with Crippen LogP contribution in [0.25, 0.3) is 10.2 Å². The highest BCUT2D eigenvalue weighted by Gasteiger charge is 2.25. The number of hydrogen-bond acceptors (Lipinski definition) is 4. The summed E-state index contributed by atoms with van der Waals surface area (Å²) < 4.78 is 3.05. The second-order valence-electron chi connectivity index (χ2n) is 7.16. The summed E-state index contributed by atoms with van der Waals surface area (Å²) in [5.74, 6) is 0. The Morgan fingerprint density at radius 2 is 1.71 bits per heavy atom. The van der Waals surface area contributed by atoms with Crippen molar-refractivity contribution in [3.63, 3.8) is 0 Å². The Morgan fingerprint density at radius 3 is 2.50 bits per heavy atom. The average molecular weight is 346 g/mol. The smallest absolute Gasteiger partial charge is 0.299 e. The summed E-state index contributed by atoms with van der Waals surface area (Å²) in [6, 6.07) is 8.97. The zero-order chi connectivity index (χ0) is 16.4. The third-order valence-electron chi connectivity index (χ3n) is 5.71. The third kappa shape index (κ3) is 3.44. The van der Waals surface area contributed by atoms with Crippen LogP contribution in [-0.2, 0) is 6.54 Å². The van der Waals surface area contributed by atoms with Gasteiger partial charge in [-0.3, -0.25) is 19.2 Å². The van der Waals surface area contributed by atoms with Gasteiger partial charge >= 0.3 is 4.87 Å². The minimum Gasteiger partial charge on any atom is -0.299 e. The number of hydrogen-bond donors (Lipinski definition) is 0. The van der Waals surface area contributed by atoms with Crippen molar-refractivity contribution in [2.45, 2.75) is 44.7 Å². The van der Waals surface area contributed by atoms with Crippen molar-refractivity contribution in [3.8, 4) is 0 Å². The lowest BCUT2D eigenvalue weighted by atomic mass is 9.94. The molecular weight excluding hydrogens is 318 g/mol. The van der Waals surface area contributed by atoms with E-state index in [4.69, 9.17) is 0 Å². The molecule has 4 nitrogen and oxygen atoms in total. The van der Waals surface area contributed by atoms with Crippen molar-refractivity contribution in [1.82, 2.24) is 14.4 Å². The second kappa shape index (κ2) is 7.38. The Kier molecular flexibility index (Phi) is 5.01. The fourth-order valence-electron chi connectivity index (χ4n) is 4.27. The fraction of sp³-hybridized carbons (Fsp3) is 0.632. The second-order valence-corrected chi connectivity index (χ2v) is 8.15. The van der Waals surface area contributed by atoms with E-state index in [0.717, 1.165) is 42.4 Å². The molecule has 0 unspecified atom stereocenters. The highest BCUT2D eigenvalue weighted by atomic mass is 32.1. The Bertz CT molecular complexity index is 724. The number of para-hydroxylation sites is 1. The van der Waals surface area contributed by atoms with Gasteiger partial charge in [0.25, 0.3) is 0 Å². The highest BCUT2D eigenvalue weighted by Crippen LogP contribution is 2.23. The van der Waals surface area contributed by atoms with Gasteiger partial charge in [0, 0.05) is 45.3 Å². The molecule has 0 amide bonds. The van der Waals surface area contributed by atoms with Crippen LogP contribution >= 0.6 is 11.3 Å². The van der Waals surface area contributed by atoms with Gasteiger partial charge in [-0.2, -0.15) is 0 Å². The molecule has 1 aromatic carbocycles. The quantitative estimate of drug-likeness (QED) is 0.853. The summed E-state index contributed by atoms with van der Waals surface area (Å²) in [6.45, 7) is 6.49. The van der Waals surface area contributed by atoms with Crippen LogP contribution in [0.3, 0.4) is 0 Å². The van der Waals surface area contributed by atoms with Gasteiger partial charge in [0.1, 0.15) is 0 Å². The van der Waals surface area contributed by atoms with Crippen molar-refractivity contribution in [3.05, 3.63) is 33.9 Å². The molecule has 1 saturated carbocycles. The summed E-state index contributed by atoms with van der Waals surface area (Å²) in [5.41, 5.74) is 1.09. The Labute approximate surface area is 147 Å². The van der Waals surface area contributed by atoms with Gasteiger partial charge in [-0.15, -0.1) is 0 Å². The van der Waals surface area contributed by atoms with Crippen LogP contribution in [0.2, 0.25) is 0 Å². The minimum absolute atomic E-state index is 0.178. The molecule has 130 valence electrons. The number of aromatic nitrogens is 1. The number of rotatable bonds is 4. The molecule has 24 heavy (non-hydrogen) atoms. The number of piperazine rings is 1. The van der Waals surface area contributed by atoms with E-state index < -0.39 is 0 Å². The zero-order valence-electron chi connectivity index (χ0n) is 14.3. The van der Waals surface area contributed by atoms with Crippen LogP contribution in [0.1, 0.15) is 32.1 Å². The number of benzene rings is 1. The molecular formula is C19H27N3OS. The first-order valence-electron chi connectivity index (χ1n) is 9.36. The molecule has 0 spiro atoms. The highest BCUT2D eigenvalue weighted by molar-refractivity contribution is 7.16. The van der Waals surface area contributed by atoms with Crippen molar-refractivity contribution < 1.29 is 0 Å². The Hall–Kier alpha value is -1.17. The van der Waals surface area contributed by atoms with Crippen molar-refractivity contribution >= 4 is 21.6 Å². The van der Waals surface area contributed by atoms with Crippen LogP contribution in [0, 0.1) is 0 Å². The number of thiazole rings is 1. The maximum atomic E-state index is 12.2. The first kappa shape index (κ1) is 16.3. The third-order valence-corrected chi connectivity index (χ3v) is 6.67. The predicted octanol–water partition coefficient (Wildman–Crippen LogP) is 3.01. The van der Waals surface area contributed by atoms with Crippen molar-refractivity contribution in [1.29, 1.82) is 0 Å². The lowest BCUT2D eigenvalue weighted by Gasteiger charge is -2.40. The fourth-order valence-corrected chi connectivity index (χ4v) is 5.18. The van der Waals surface area contributed by atoms with E-state index in [1.165, 1.54) is 56.5 Å². The lowest BCUT2D eigenvalue weighted by molar-refractivity contribution is 0.0774. The van der Waals surface area contributed by atoms with Gasteiger partial charge in [-0.25, -0.2) is 0 Å². The van der Waals surface area contributed by atoms with E-state index in [2.05, 4.69) is 15.9 Å². The largest absolute Gasteiger partial charge is 0.308 e. The van der Waals surface area contributed by atoms with Crippen LogP contribution in [0.5, 0.6) is 0 Å². The van der Waals surface area contributed by atoms with Crippen LogP contribution in [0.15, 0.2) is 29.1 Å². The topological polar surface area (TPSA) is 28.5 Å². The van der Waals surface area contributed by atoms with Crippen LogP contribution in [-0.4, -0.2) is 53.1 Å². The van der Waals surface area contributed by atoms with Crippen molar-refractivity contribution in [2.75, 3.05) is 32.7 Å². The minimum atomic E-state index is 0.178. The summed E-state index contributed by atoms with van der Waals surface area (Å²) >= 11 is 1.37. The molecule has 4 rings (SSSR count). The maximum Gasteiger partial charge on any atom is 0.308 e. The van der Waals surface area contributed by atoms with Crippen LogP contribution < -0.4 is 4.87 Å². The normalized spacial score (nSPS) is 21.5. The SMILES string of the molecule is O=c1sc2ccccc2n1CCN1CCN(C2CCCCC2)CC1. The van der Waals surface area contributed by atoms with E-state index in [0.29, 0.717) is 0 Å². The first-order chi connectivity index (χ1) is 11.8. The molecule has 1 aliphatic carbocycles. The molecule has 2 fully saturated rings. The summed E-state index contributed by atoms with van der Waals surface area (Å²) in [4.78, 5) is 17.6. The van der Waals surface area contributed by atoms with E-state index in [1.54, 1.807) is 0 Å². The molecule has 2 aromatic rings. The maximum absolute atomic E-state index is 12.2. The molecule has 0 N–H and O–H groups in total. The van der Waals surface area contributed by atoms with E-state index in [-0.39, 0.29) is 4.87 Å². The molecule has 0 radical (unpaired) electrons. The Balaban J connectivity index is 1.32. The van der Waals surface area contributed by atoms with Gasteiger partial charge in [0.05, 0.1) is 10.2 Å². The number of fused-ring (bicyclic) bond motifs is 1. The van der Waals surface area contributed by atoms with Gasteiger partial charge in [0.15, 0.2) is 0 Å². The molecule has 5 heteroatoms. The molecule has 0 atom stereocenters. The first-order valence-corrected chi connectivity index (χ1v) is 10.2. The zero-order valence-corrected chi connectivity index (χ0v) is 15.1. The van der Waals surface area contributed by atoms with E-state index in [1.807, 2.05) is 22.8 Å². The van der Waals surface area contributed by atoms with E-state index >= 15 is 0 Å². The summed E-state index contributed by atoms with van der Waals surface area (Å²) in [6.07, 6.45) is 7.06. The molecule has 1 aromatic heterocycles. The molecule has 1 aliphatic heterocycles. The van der Waals surface area contributed by atoms with Gasteiger partial charge < -0.3 is 0 Å². The molecule has 0 bridgehead atoms. The Morgan fingerprint density at radius 1 is 0.958 bits per heavy atom. The van der Waals surface area contributed by atoms with E-state index in [9.17, 15) is 4.79 Å².